The van der Waals surface area contributed by atoms with Crippen LogP contribution in [0.2, 0.25) is 0 Å². The van der Waals surface area contributed by atoms with Crippen molar-refractivity contribution in [1.29, 1.82) is 0 Å². The van der Waals surface area contributed by atoms with Crippen LogP contribution in [-0.2, 0) is 29.2 Å². The maximum absolute atomic E-state index is 12.4. The topological polar surface area (TPSA) is 105 Å². The molecule has 2 atom stereocenters. The third-order valence-corrected chi connectivity index (χ3v) is 4.06. The number of hydrogen-bond donors (Lipinski definition) is 0. The zero-order valence-corrected chi connectivity index (χ0v) is 13.0. The Morgan fingerprint density at radius 3 is 1.65 bits per heavy atom. The third kappa shape index (κ3) is 2.75. The lowest BCUT2D eigenvalue weighted by Gasteiger charge is -2.04. The van der Waals surface area contributed by atoms with Gasteiger partial charge in [-0.25, -0.2) is 19.0 Å². The molecule has 2 unspecified atom stereocenters. The van der Waals surface area contributed by atoms with E-state index in [0.29, 0.717) is 38.0 Å². The molecule has 2 aromatic rings. The summed E-state index contributed by atoms with van der Waals surface area (Å²) in [6.45, 7) is 5.80. The van der Waals surface area contributed by atoms with Crippen LogP contribution >= 0.6 is 0 Å². The molecule has 4 heterocycles. The Kier molecular flexibility index (Phi) is 3.23. The van der Waals surface area contributed by atoms with Gasteiger partial charge in [-0.05, 0) is 13.8 Å². The Bertz CT molecular complexity index is 781. The first kappa shape index (κ1) is 14.4. The average Bonchev–Trinajstić information content (AvgIpc) is 3.39. The van der Waals surface area contributed by atoms with Crippen molar-refractivity contribution in [2.45, 2.75) is 45.8 Å². The van der Waals surface area contributed by atoms with Crippen LogP contribution in [0.1, 0.15) is 11.6 Å². The van der Waals surface area contributed by atoms with Crippen LogP contribution in [0.3, 0.4) is 0 Å². The maximum Gasteiger partial charge on any atom is 0.347 e. The molecule has 4 rings (SSSR count). The van der Waals surface area contributed by atoms with Gasteiger partial charge in [-0.2, -0.15) is 10.2 Å². The van der Waals surface area contributed by atoms with Crippen LogP contribution in [0, 0.1) is 13.8 Å². The van der Waals surface area contributed by atoms with E-state index in [-0.39, 0.29) is 30.3 Å². The van der Waals surface area contributed by atoms with Gasteiger partial charge in [0.15, 0.2) is 0 Å². The van der Waals surface area contributed by atoms with E-state index in [0.717, 1.165) is 0 Å². The maximum atomic E-state index is 12.4. The summed E-state index contributed by atoms with van der Waals surface area (Å²) in [5, 5.41) is 8.47. The van der Waals surface area contributed by atoms with E-state index in [4.69, 9.17) is 9.47 Å². The van der Waals surface area contributed by atoms with Gasteiger partial charge in [-0.1, -0.05) is 0 Å². The van der Waals surface area contributed by atoms with Gasteiger partial charge < -0.3 is 9.47 Å². The summed E-state index contributed by atoms with van der Waals surface area (Å²) in [6.07, 6.45) is 0.141. The van der Waals surface area contributed by atoms with Crippen molar-refractivity contribution in [3.63, 3.8) is 0 Å². The molecule has 10 nitrogen and oxygen atoms in total. The molecule has 10 heteroatoms. The molecule has 0 N–H and O–H groups in total. The summed E-state index contributed by atoms with van der Waals surface area (Å²) >= 11 is 0. The standard InChI is InChI=1S/C13H18N6O4/c1-8-14-18(3-10-5-22-10)12(20)16(8)7-17-9(2)15-19(13(17)21)4-11-6-23-11/h10-11H,3-7H2,1-2H3. The SMILES string of the molecule is Cc1nn(CC2CO2)c(=O)n1Cn1c(C)nn(CC2CO2)c1=O. The Hall–Kier alpha value is -2.20. The summed E-state index contributed by atoms with van der Waals surface area (Å²) < 4.78 is 16.0. The van der Waals surface area contributed by atoms with Crippen molar-refractivity contribution >= 4 is 0 Å². The molecule has 0 bridgehead atoms. The number of ether oxygens (including phenoxy) is 2. The molecule has 0 amide bonds. The van der Waals surface area contributed by atoms with Gasteiger partial charge in [0, 0.05) is 0 Å². The molecule has 2 aromatic heterocycles. The largest absolute Gasteiger partial charge is 0.371 e. The monoisotopic (exact) mass is 322 g/mol. The lowest BCUT2D eigenvalue weighted by Crippen LogP contribution is -2.34. The number of aromatic nitrogens is 6. The van der Waals surface area contributed by atoms with E-state index in [1.807, 2.05) is 0 Å². The first-order valence-corrected chi connectivity index (χ1v) is 7.54. The minimum atomic E-state index is -0.248. The van der Waals surface area contributed by atoms with Crippen LogP contribution in [0.15, 0.2) is 9.59 Å². The van der Waals surface area contributed by atoms with Crippen LogP contribution in [0.5, 0.6) is 0 Å². The molecule has 0 saturated carbocycles. The summed E-state index contributed by atoms with van der Waals surface area (Å²) in [5.74, 6) is 1.11. The van der Waals surface area contributed by atoms with Crippen LogP contribution in [0.4, 0.5) is 0 Å². The molecule has 2 aliphatic heterocycles. The fourth-order valence-electron chi connectivity index (χ4n) is 2.54. The smallest absolute Gasteiger partial charge is 0.347 e. The van der Waals surface area contributed by atoms with Crippen LogP contribution < -0.4 is 11.4 Å². The first-order chi connectivity index (χ1) is 11.0. The van der Waals surface area contributed by atoms with Crippen molar-refractivity contribution in [3.05, 3.63) is 32.6 Å². The van der Waals surface area contributed by atoms with E-state index in [2.05, 4.69) is 10.2 Å². The summed E-state index contributed by atoms with van der Waals surface area (Å²) in [7, 11) is 0. The number of aryl methyl sites for hydroxylation is 2. The van der Waals surface area contributed by atoms with Crippen molar-refractivity contribution < 1.29 is 9.47 Å². The minimum Gasteiger partial charge on any atom is -0.371 e. The van der Waals surface area contributed by atoms with Gasteiger partial charge in [0.05, 0.1) is 26.3 Å². The Morgan fingerprint density at radius 2 is 1.30 bits per heavy atom. The molecule has 124 valence electrons. The summed E-state index contributed by atoms with van der Waals surface area (Å²) in [4.78, 5) is 24.8. The molecule has 0 radical (unpaired) electrons. The summed E-state index contributed by atoms with van der Waals surface area (Å²) in [6, 6.07) is 0. The van der Waals surface area contributed by atoms with Gasteiger partial charge >= 0.3 is 11.4 Å². The second kappa shape index (κ2) is 5.17. The molecule has 0 aromatic carbocycles. The van der Waals surface area contributed by atoms with Crippen molar-refractivity contribution in [3.8, 4) is 0 Å². The summed E-state index contributed by atoms with van der Waals surface area (Å²) in [5.41, 5.74) is -0.495. The number of rotatable bonds is 6. The molecule has 2 fully saturated rings. The van der Waals surface area contributed by atoms with Gasteiger partial charge in [-0.3, -0.25) is 9.13 Å². The Balaban J connectivity index is 1.62. The molecule has 2 aliphatic rings. The van der Waals surface area contributed by atoms with Crippen LogP contribution in [0.25, 0.3) is 0 Å². The van der Waals surface area contributed by atoms with E-state index in [1.165, 1.54) is 18.5 Å². The Morgan fingerprint density at radius 1 is 0.913 bits per heavy atom. The van der Waals surface area contributed by atoms with E-state index in [1.54, 1.807) is 13.8 Å². The molecule has 0 spiro atoms. The highest BCUT2D eigenvalue weighted by molar-refractivity contribution is 4.90. The van der Waals surface area contributed by atoms with Gasteiger partial charge in [0.2, 0.25) is 0 Å². The molecule has 23 heavy (non-hydrogen) atoms. The molecule has 2 saturated heterocycles. The van der Waals surface area contributed by atoms with E-state index >= 15 is 0 Å². The fourth-order valence-corrected chi connectivity index (χ4v) is 2.54. The first-order valence-electron chi connectivity index (χ1n) is 7.54. The zero-order chi connectivity index (χ0) is 16.1. The molecular weight excluding hydrogens is 304 g/mol. The normalized spacial score (nSPS) is 22.5. The van der Waals surface area contributed by atoms with Crippen molar-refractivity contribution in [2.24, 2.45) is 0 Å². The second-order valence-electron chi connectivity index (χ2n) is 5.93. The molecular formula is C13H18N6O4. The van der Waals surface area contributed by atoms with Gasteiger partial charge in [-0.15, -0.1) is 0 Å². The fraction of sp³-hybridized carbons (Fsp3) is 0.692. The van der Waals surface area contributed by atoms with Gasteiger partial charge in [0.25, 0.3) is 0 Å². The number of hydrogen-bond acceptors (Lipinski definition) is 6. The van der Waals surface area contributed by atoms with Crippen molar-refractivity contribution in [2.75, 3.05) is 13.2 Å². The number of epoxide rings is 2. The van der Waals surface area contributed by atoms with Crippen LogP contribution in [-0.4, -0.2) is 54.1 Å². The Labute approximate surface area is 130 Å². The van der Waals surface area contributed by atoms with E-state index in [9.17, 15) is 9.59 Å². The quantitative estimate of drug-likeness (QED) is 0.589. The van der Waals surface area contributed by atoms with Gasteiger partial charge in [0.1, 0.15) is 30.5 Å². The third-order valence-electron chi connectivity index (χ3n) is 4.06. The minimum absolute atomic E-state index is 0.0706. The lowest BCUT2D eigenvalue weighted by molar-refractivity contribution is 0.367. The predicted octanol–water partition coefficient (Wildman–Crippen LogP) is -1.68. The molecule has 0 aliphatic carbocycles. The van der Waals surface area contributed by atoms with E-state index < -0.39 is 0 Å². The predicted molar refractivity (Wildman–Crippen MR) is 77.3 cm³/mol. The zero-order valence-electron chi connectivity index (χ0n) is 13.0. The number of nitrogens with zero attached hydrogens (tertiary/aromatic N) is 6. The highest BCUT2D eigenvalue weighted by Crippen LogP contribution is 2.11. The van der Waals surface area contributed by atoms with Crippen molar-refractivity contribution in [1.82, 2.24) is 28.7 Å². The highest BCUT2D eigenvalue weighted by Gasteiger charge is 2.27. The lowest BCUT2D eigenvalue weighted by atomic mass is 10.5. The average molecular weight is 322 g/mol. The highest BCUT2D eigenvalue weighted by atomic mass is 16.6. The second-order valence-corrected chi connectivity index (χ2v) is 5.93.